The van der Waals surface area contributed by atoms with Gasteiger partial charge in [-0.25, -0.2) is 0 Å². The van der Waals surface area contributed by atoms with Crippen LogP contribution in [-0.4, -0.2) is 22.7 Å². The van der Waals surface area contributed by atoms with Gasteiger partial charge in [-0.15, -0.1) is 0 Å². The molecule has 3 rings (SSSR count). The van der Waals surface area contributed by atoms with Crippen LogP contribution in [0.2, 0.25) is 0 Å². The predicted octanol–water partition coefficient (Wildman–Crippen LogP) is 3.50. The monoisotopic (exact) mass is 330 g/mol. The molecule has 1 fully saturated rings. The van der Waals surface area contributed by atoms with Crippen molar-refractivity contribution in [3.05, 3.63) is 54.6 Å². The molecule has 112 valence electrons. The maximum Gasteiger partial charge on any atom is 0.266 e. The van der Waals surface area contributed by atoms with Crippen LogP contribution in [0.15, 0.2) is 54.6 Å². The van der Waals surface area contributed by atoms with Crippen LogP contribution in [0.3, 0.4) is 0 Å². The van der Waals surface area contributed by atoms with Crippen molar-refractivity contribution in [1.82, 2.24) is 0 Å². The lowest BCUT2D eigenvalue weighted by atomic mass is 10.2. The van der Waals surface area contributed by atoms with E-state index in [-0.39, 0.29) is 5.91 Å². The highest BCUT2D eigenvalue weighted by molar-refractivity contribution is 8.25. The predicted molar refractivity (Wildman–Crippen MR) is 94.5 cm³/mol. The van der Waals surface area contributed by atoms with Crippen molar-refractivity contribution in [2.24, 2.45) is 0 Å². The third-order valence-electron chi connectivity index (χ3n) is 3.25. The number of thiocarbonyl (C=S) groups is 1. The second-order valence-electron chi connectivity index (χ2n) is 4.62. The maximum absolute atomic E-state index is 12.6. The SMILES string of the molecule is COc1ccccc1NC1SC(=S)N(c2ccccc2)C1=O. The van der Waals surface area contributed by atoms with Gasteiger partial charge < -0.3 is 10.1 Å². The maximum atomic E-state index is 12.6. The van der Waals surface area contributed by atoms with Crippen LogP contribution in [-0.2, 0) is 4.79 Å². The lowest BCUT2D eigenvalue weighted by Crippen LogP contribution is -2.34. The first-order chi connectivity index (χ1) is 10.7. The minimum Gasteiger partial charge on any atom is -0.495 e. The summed E-state index contributed by atoms with van der Waals surface area (Å²) in [5, 5.41) is 2.74. The lowest BCUT2D eigenvalue weighted by molar-refractivity contribution is -0.116. The largest absolute Gasteiger partial charge is 0.495 e. The molecule has 1 saturated heterocycles. The Morgan fingerprint density at radius 1 is 1.14 bits per heavy atom. The van der Waals surface area contributed by atoms with E-state index in [1.165, 1.54) is 11.8 Å². The molecule has 1 aliphatic rings. The molecule has 1 atom stereocenters. The lowest BCUT2D eigenvalue weighted by Gasteiger charge is -2.17. The topological polar surface area (TPSA) is 41.6 Å². The van der Waals surface area contributed by atoms with Gasteiger partial charge in [0.25, 0.3) is 5.91 Å². The zero-order valence-corrected chi connectivity index (χ0v) is 13.5. The van der Waals surface area contributed by atoms with Crippen molar-refractivity contribution in [3.8, 4) is 5.75 Å². The number of thioether (sulfide) groups is 1. The van der Waals surface area contributed by atoms with E-state index < -0.39 is 5.37 Å². The molecule has 1 amide bonds. The molecule has 0 saturated carbocycles. The van der Waals surface area contributed by atoms with Gasteiger partial charge >= 0.3 is 0 Å². The highest BCUT2D eigenvalue weighted by Crippen LogP contribution is 2.34. The van der Waals surface area contributed by atoms with E-state index in [9.17, 15) is 4.79 Å². The normalized spacial score (nSPS) is 17.7. The Labute approximate surface area is 138 Å². The Bertz CT molecular complexity index is 706. The fourth-order valence-electron chi connectivity index (χ4n) is 2.22. The van der Waals surface area contributed by atoms with Crippen LogP contribution in [0, 0.1) is 0 Å². The van der Waals surface area contributed by atoms with Gasteiger partial charge in [-0.2, -0.15) is 0 Å². The molecule has 0 radical (unpaired) electrons. The summed E-state index contributed by atoms with van der Waals surface area (Å²) in [4.78, 5) is 14.2. The first kappa shape index (κ1) is 14.9. The van der Waals surface area contributed by atoms with Crippen molar-refractivity contribution in [2.75, 3.05) is 17.3 Å². The van der Waals surface area contributed by atoms with Gasteiger partial charge in [0.2, 0.25) is 0 Å². The van der Waals surface area contributed by atoms with Crippen LogP contribution < -0.4 is 15.0 Å². The fourth-order valence-corrected chi connectivity index (χ4v) is 3.60. The van der Waals surface area contributed by atoms with Crippen molar-refractivity contribution >= 4 is 45.6 Å². The Hall–Kier alpha value is -2.05. The van der Waals surface area contributed by atoms with Crippen molar-refractivity contribution in [3.63, 3.8) is 0 Å². The Morgan fingerprint density at radius 3 is 2.55 bits per heavy atom. The molecule has 0 aromatic heterocycles. The average Bonchev–Trinajstić information content (AvgIpc) is 2.83. The van der Waals surface area contributed by atoms with Gasteiger partial charge in [-0.3, -0.25) is 9.69 Å². The molecule has 4 nitrogen and oxygen atoms in total. The van der Waals surface area contributed by atoms with E-state index in [1.807, 2.05) is 54.6 Å². The molecule has 6 heteroatoms. The van der Waals surface area contributed by atoms with Gasteiger partial charge in [-0.1, -0.05) is 54.3 Å². The van der Waals surface area contributed by atoms with Crippen LogP contribution in [0.5, 0.6) is 5.75 Å². The number of amides is 1. The standard InChI is InChI=1S/C16H14N2O2S2/c1-20-13-10-6-5-9-12(13)17-14-15(19)18(16(21)22-14)11-7-3-2-4-8-11/h2-10,14,17H,1H3. The van der Waals surface area contributed by atoms with Gasteiger partial charge in [0, 0.05) is 0 Å². The summed E-state index contributed by atoms with van der Waals surface area (Å²) in [6.07, 6.45) is 0. The number of benzene rings is 2. The third-order valence-corrected chi connectivity index (χ3v) is 4.66. The number of nitrogens with zero attached hydrogens (tertiary/aromatic N) is 1. The summed E-state index contributed by atoms with van der Waals surface area (Å²) in [5.41, 5.74) is 1.56. The highest BCUT2D eigenvalue weighted by Gasteiger charge is 2.38. The first-order valence-electron chi connectivity index (χ1n) is 6.70. The number of hydrogen-bond donors (Lipinski definition) is 1. The summed E-state index contributed by atoms with van der Waals surface area (Å²) < 4.78 is 5.84. The highest BCUT2D eigenvalue weighted by atomic mass is 32.2. The summed E-state index contributed by atoms with van der Waals surface area (Å²) in [6.45, 7) is 0. The number of carbonyl (C=O) groups is 1. The Kier molecular flexibility index (Phi) is 4.31. The smallest absolute Gasteiger partial charge is 0.266 e. The van der Waals surface area contributed by atoms with E-state index in [4.69, 9.17) is 17.0 Å². The number of para-hydroxylation sites is 3. The number of rotatable bonds is 4. The van der Waals surface area contributed by atoms with Gasteiger partial charge in [0.05, 0.1) is 18.5 Å². The fraction of sp³-hybridized carbons (Fsp3) is 0.125. The molecular formula is C16H14N2O2S2. The minimum absolute atomic E-state index is 0.0768. The molecule has 1 unspecified atom stereocenters. The molecule has 0 spiro atoms. The Morgan fingerprint density at radius 2 is 1.82 bits per heavy atom. The molecule has 2 aromatic rings. The zero-order valence-electron chi connectivity index (χ0n) is 11.9. The molecule has 2 aromatic carbocycles. The van der Waals surface area contributed by atoms with Crippen LogP contribution in [0.4, 0.5) is 11.4 Å². The third kappa shape index (κ3) is 2.80. The second kappa shape index (κ2) is 6.37. The van der Waals surface area contributed by atoms with Crippen molar-refractivity contribution in [1.29, 1.82) is 0 Å². The van der Waals surface area contributed by atoms with E-state index in [1.54, 1.807) is 12.0 Å². The van der Waals surface area contributed by atoms with E-state index in [2.05, 4.69) is 5.32 Å². The molecule has 22 heavy (non-hydrogen) atoms. The number of ether oxygens (including phenoxy) is 1. The van der Waals surface area contributed by atoms with Crippen LogP contribution in [0.25, 0.3) is 0 Å². The number of anilines is 2. The second-order valence-corrected chi connectivity index (χ2v) is 6.36. The summed E-state index contributed by atoms with van der Waals surface area (Å²) in [5.74, 6) is 0.618. The number of carbonyl (C=O) groups excluding carboxylic acids is 1. The van der Waals surface area contributed by atoms with Crippen molar-refractivity contribution < 1.29 is 9.53 Å². The molecule has 1 heterocycles. The van der Waals surface area contributed by atoms with Gasteiger partial charge in [0.15, 0.2) is 5.37 Å². The number of methoxy groups -OCH3 is 1. The summed E-state index contributed by atoms with van der Waals surface area (Å²) in [6, 6.07) is 16.9. The summed E-state index contributed by atoms with van der Waals surface area (Å²) in [7, 11) is 1.60. The number of nitrogens with one attached hydrogen (secondary N) is 1. The van der Waals surface area contributed by atoms with E-state index >= 15 is 0 Å². The summed E-state index contributed by atoms with van der Waals surface area (Å²) >= 11 is 6.68. The molecular weight excluding hydrogens is 316 g/mol. The Balaban J connectivity index is 1.83. The quantitative estimate of drug-likeness (QED) is 0.869. The molecule has 1 aliphatic heterocycles. The zero-order chi connectivity index (χ0) is 15.5. The minimum atomic E-state index is -0.455. The molecule has 0 bridgehead atoms. The molecule has 0 aliphatic carbocycles. The first-order valence-corrected chi connectivity index (χ1v) is 7.98. The van der Waals surface area contributed by atoms with Crippen LogP contribution in [0.1, 0.15) is 0 Å². The van der Waals surface area contributed by atoms with Crippen LogP contribution >= 0.6 is 24.0 Å². The van der Waals surface area contributed by atoms with Crippen molar-refractivity contribution in [2.45, 2.75) is 5.37 Å². The van der Waals surface area contributed by atoms with E-state index in [0.29, 0.717) is 10.1 Å². The average molecular weight is 330 g/mol. The molecule has 1 N–H and O–H groups in total. The van der Waals surface area contributed by atoms with Gasteiger partial charge in [-0.05, 0) is 24.3 Å². The van der Waals surface area contributed by atoms with E-state index in [0.717, 1.165) is 11.4 Å². The number of hydrogen-bond acceptors (Lipinski definition) is 5. The van der Waals surface area contributed by atoms with Gasteiger partial charge in [0.1, 0.15) is 10.1 Å².